The van der Waals surface area contributed by atoms with Crippen molar-refractivity contribution in [3.8, 4) is 0 Å². The number of aliphatic hydroxyl groups excluding tert-OH is 1. The number of fused-ring (bicyclic) bond motifs is 2. The first kappa shape index (κ1) is 14.1. The van der Waals surface area contributed by atoms with Gasteiger partial charge in [-0.05, 0) is 54.8 Å². The molecule has 3 rings (SSSR count). The van der Waals surface area contributed by atoms with E-state index in [0.29, 0.717) is 17.9 Å². The molecule has 3 aliphatic carbocycles. The summed E-state index contributed by atoms with van der Waals surface area (Å²) in [4.78, 5) is 0. The molecule has 0 amide bonds. The minimum absolute atomic E-state index is 0.397. The Balaban J connectivity index is 1.85. The smallest absolute Gasteiger partial charge is 0.0464 e. The molecular formula is C17H30O. The largest absolute Gasteiger partial charge is 0.396 e. The van der Waals surface area contributed by atoms with Gasteiger partial charge in [-0.1, -0.05) is 45.8 Å². The van der Waals surface area contributed by atoms with Gasteiger partial charge >= 0.3 is 0 Å². The maximum atomic E-state index is 9.71. The number of unbranched alkanes of at least 4 members (excludes halogenated alkanes) is 2. The highest BCUT2D eigenvalue weighted by molar-refractivity contribution is 5.07. The van der Waals surface area contributed by atoms with E-state index in [2.05, 4.69) is 32.9 Å². The van der Waals surface area contributed by atoms with Crippen molar-refractivity contribution >= 4 is 0 Å². The standard InChI is InChI=1S/C17H30O/c1-4-5-6-7-8-9-13-10-14-11-16(15(13)12-18)17(14,2)3/h7-8,13-16,18H,4-6,9-12H2,1-3H3/b8-7+. The molecule has 4 atom stereocenters. The second kappa shape index (κ2) is 5.77. The summed E-state index contributed by atoms with van der Waals surface area (Å²) in [6.45, 7) is 7.45. The minimum Gasteiger partial charge on any atom is -0.396 e. The Labute approximate surface area is 113 Å². The maximum Gasteiger partial charge on any atom is 0.0464 e. The van der Waals surface area contributed by atoms with Crippen LogP contribution in [0.4, 0.5) is 0 Å². The lowest BCUT2D eigenvalue weighted by Crippen LogP contribution is -2.56. The van der Waals surface area contributed by atoms with Crippen LogP contribution in [0.5, 0.6) is 0 Å². The van der Waals surface area contributed by atoms with Crippen molar-refractivity contribution in [1.29, 1.82) is 0 Å². The third-order valence-electron chi connectivity index (χ3n) is 5.80. The van der Waals surface area contributed by atoms with Gasteiger partial charge in [0, 0.05) is 6.61 Å². The molecule has 0 radical (unpaired) electrons. The van der Waals surface area contributed by atoms with E-state index in [1.54, 1.807) is 0 Å². The summed E-state index contributed by atoms with van der Waals surface area (Å²) in [5.74, 6) is 2.99. The third kappa shape index (κ3) is 2.52. The van der Waals surface area contributed by atoms with Crippen LogP contribution in [0.1, 0.15) is 59.3 Å². The Kier molecular flexibility index (Phi) is 4.53. The highest BCUT2D eigenvalue weighted by Gasteiger charge is 2.56. The summed E-state index contributed by atoms with van der Waals surface area (Å²) in [6.07, 6.45) is 12.4. The lowest BCUT2D eigenvalue weighted by Gasteiger charge is -2.62. The number of hydrogen-bond acceptors (Lipinski definition) is 1. The van der Waals surface area contributed by atoms with Crippen LogP contribution in [0.15, 0.2) is 12.2 Å². The molecule has 0 aromatic carbocycles. The van der Waals surface area contributed by atoms with Gasteiger partial charge in [0.1, 0.15) is 0 Å². The van der Waals surface area contributed by atoms with E-state index in [4.69, 9.17) is 0 Å². The van der Waals surface area contributed by atoms with Crippen molar-refractivity contribution in [3.05, 3.63) is 12.2 Å². The molecule has 0 aliphatic heterocycles. The fourth-order valence-corrected chi connectivity index (χ4v) is 4.31. The number of hydrogen-bond donors (Lipinski definition) is 1. The number of aliphatic hydroxyl groups is 1. The summed E-state index contributed by atoms with van der Waals surface area (Å²) in [5.41, 5.74) is 0.496. The van der Waals surface area contributed by atoms with Crippen LogP contribution in [-0.2, 0) is 0 Å². The van der Waals surface area contributed by atoms with Crippen LogP contribution in [0.3, 0.4) is 0 Å². The van der Waals surface area contributed by atoms with E-state index in [9.17, 15) is 5.11 Å². The molecule has 104 valence electrons. The Morgan fingerprint density at radius 1 is 1.22 bits per heavy atom. The van der Waals surface area contributed by atoms with E-state index in [0.717, 1.165) is 17.8 Å². The van der Waals surface area contributed by atoms with Crippen molar-refractivity contribution in [1.82, 2.24) is 0 Å². The molecule has 0 saturated heterocycles. The van der Waals surface area contributed by atoms with Gasteiger partial charge in [-0.3, -0.25) is 0 Å². The lowest BCUT2D eigenvalue weighted by molar-refractivity contribution is -0.145. The van der Waals surface area contributed by atoms with E-state index >= 15 is 0 Å². The average Bonchev–Trinajstić information content (AvgIpc) is 2.38. The van der Waals surface area contributed by atoms with Crippen molar-refractivity contribution < 1.29 is 5.11 Å². The minimum atomic E-state index is 0.397. The topological polar surface area (TPSA) is 20.2 Å². The first-order valence-electron chi connectivity index (χ1n) is 7.87. The summed E-state index contributed by atoms with van der Waals surface area (Å²) >= 11 is 0. The van der Waals surface area contributed by atoms with Crippen LogP contribution in [-0.4, -0.2) is 11.7 Å². The second-order valence-corrected chi connectivity index (χ2v) is 7.05. The predicted molar refractivity (Wildman–Crippen MR) is 77.3 cm³/mol. The first-order chi connectivity index (χ1) is 8.61. The van der Waals surface area contributed by atoms with Gasteiger partial charge in [-0.2, -0.15) is 0 Å². The molecule has 3 saturated carbocycles. The van der Waals surface area contributed by atoms with Crippen molar-refractivity contribution in [3.63, 3.8) is 0 Å². The second-order valence-electron chi connectivity index (χ2n) is 7.05. The molecule has 0 aromatic rings. The Hall–Kier alpha value is -0.300. The van der Waals surface area contributed by atoms with E-state index < -0.39 is 0 Å². The summed E-state index contributed by atoms with van der Waals surface area (Å²) in [5, 5.41) is 9.71. The van der Waals surface area contributed by atoms with Crippen LogP contribution >= 0.6 is 0 Å². The zero-order chi connectivity index (χ0) is 13.2. The maximum absolute atomic E-state index is 9.71. The van der Waals surface area contributed by atoms with Crippen molar-refractivity contribution in [2.75, 3.05) is 6.61 Å². The van der Waals surface area contributed by atoms with E-state index in [1.807, 2.05) is 0 Å². The molecule has 1 nitrogen and oxygen atoms in total. The quantitative estimate of drug-likeness (QED) is 0.547. The molecule has 2 bridgehead atoms. The summed E-state index contributed by atoms with van der Waals surface area (Å²) < 4.78 is 0. The van der Waals surface area contributed by atoms with Gasteiger partial charge in [0.15, 0.2) is 0 Å². The van der Waals surface area contributed by atoms with Gasteiger partial charge in [0.25, 0.3) is 0 Å². The van der Waals surface area contributed by atoms with Crippen LogP contribution in [0.2, 0.25) is 0 Å². The highest BCUT2D eigenvalue weighted by atomic mass is 16.3. The predicted octanol–water partition coefficient (Wildman–Crippen LogP) is 4.41. The van der Waals surface area contributed by atoms with Gasteiger partial charge in [-0.15, -0.1) is 0 Å². The molecule has 18 heavy (non-hydrogen) atoms. The molecule has 1 heteroatoms. The van der Waals surface area contributed by atoms with Crippen LogP contribution < -0.4 is 0 Å². The van der Waals surface area contributed by atoms with E-state index in [-0.39, 0.29) is 0 Å². The molecule has 0 aromatic heterocycles. The molecule has 3 aliphatic rings. The molecular weight excluding hydrogens is 220 g/mol. The number of allylic oxidation sites excluding steroid dienone is 2. The molecule has 4 unspecified atom stereocenters. The lowest BCUT2D eigenvalue weighted by atomic mass is 9.43. The van der Waals surface area contributed by atoms with E-state index in [1.165, 1.54) is 38.5 Å². The van der Waals surface area contributed by atoms with Crippen LogP contribution in [0, 0.1) is 29.1 Å². The Morgan fingerprint density at radius 3 is 2.61 bits per heavy atom. The van der Waals surface area contributed by atoms with Gasteiger partial charge in [-0.25, -0.2) is 0 Å². The monoisotopic (exact) mass is 250 g/mol. The molecule has 1 N–H and O–H groups in total. The van der Waals surface area contributed by atoms with Crippen molar-refractivity contribution in [2.45, 2.75) is 59.3 Å². The summed E-state index contributed by atoms with van der Waals surface area (Å²) in [6, 6.07) is 0. The fraction of sp³-hybridized carbons (Fsp3) is 0.882. The zero-order valence-corrected chi connectivity index (χ0v) is 12.4. The average molecular weight is 250 g/mol. The van der Waals surface area contributed by atoms with Gasteiger partial charge < -0.3 is 5.11 Å². The molecule has 0 heterocycles. The fourth-order valence-electron chi connectivity index (χ4n) is 4.31. The zero-order valence-electron chi connectivity index (χ0n) is 12.4. The molecule has 3 fully saturated rings. The van der Waals surface area contributed by atoms with Gasteiger partial charge in [0.2, 0.25) is 0 Å². The SMILES string of the molecule is CCCC/C=C/CC1CC2CC(C1CO)C2(C)C. The number of rotatable bonds is 6. The van der Waals surface area contributed by atoms with Gasteiger partial charge in [0.05, 0.1) is 0 Å². The Bertz CT molecular complexity index is 292. The van der Waals surface area contributed by atoms with Crippen LogP contribution in [0.25, 0.3) is 0 Å². The van der Waals surface area contributed by atoms with Crippen molar-refractivity contribution in [2.24, 2.45) is 29.1 Å². The first-order valence-corrected chi connectivity index (χ1v) is 7.87. The highest BCUT2D eigenvalue weighted by Crippen LogP contribution is 2.63. The Morgan fingerprint density at radius 2 is 2.00 bits per heavy atom. The third-order valence-corrected chi connectivity index (χ3v) is 5.80. The molecule has 0 spiro atoms. The normalized spacial score (nSPS) is 37.8. The summed E-state index contributed by atoms with van der Waals surface area (Å²) in [7, 11) is 0.